The van der Waals surface area contributed by atoms with Crippen LogP contribution in [0.1, 0.15) is 28.8 Å². The van der Waals surface area contributed by atoms with Crippen molar-refractivity contribution in [2.45, 2.75) is 24.4 Å². The van der Waals surface area contributed by atoms with Crippen molar-refractivity contribution in [3.05, 3.63) is 77.0 Å². The number of hydrogen-bond donors (Lipinski definition) is 2. The van der Waals surface area contributed by atoms with Crippen LogP contribution >= 0.6 is 29.6 Å². The van der Waals surface area contributed by atoms with Gasteiger partial charge in [0, 0.05) is 22.6 Å². The molecule has 5 rings (SSSR count). The molecule has 0 radical (unpaired) electrons. The topological polar surface area (TPSA) is 75.9 Å². The molecule has 3 aromatic rings. The smallest absolute Gasteiger partial charge is 0.255 e. The molecule has 33 heavy (non-hydrogen) atoms. The van der Waals surface area contributed by atoms with E-state index in [2.05, 4.69) is 56.4 Å². The largest absolute Gasteiger partial charge is 0.330 e. The molecule has 0 saturated heterocycles. The molecule has 2 aliphatic rings. The molecule has 0 atom stereocenters. The number of thiol groups is 1. The summed E-state index contributed by atoms with van der Waals surface area (Å²) in [6, 6.07) is 13.1. The van der Waals surface area contributed by atoms with Gasteiger partial charge in [-0.15, -0.1) is 41.1 Å². The maximum Gasteiger partial charge on any atom is 0.255 e. The molecule has 9 heteroatoms. The summed E-state index contributed by atoms with van der Waals surface area (Å²) in [6.07, 6.45) is 12.9. The van der Waals surface area contributed by atoms with Crippen molar-refractivity contribution in [3.8, 4) is 18.0 Å². The first-order valence-corrected chi connectivity index (χ1v) is 10.7. The average molecular weight is 521 g/mol. The number of nitrogens with zero attached hydrogens (tertiary/aromatic N) is 5. The van der Waals surface area contributed by atoms with Crippen LogP contribution in [0.15, 0.2) is 71.0 Å². The third-order valence-electron chi connectivity index (χ3n) is 5.63. The van der Waals surface area contributed by atoms with Crippen LogP contribution in [0.2, 0.25) is 0 Å². The third-order valence-corrected chi connectivity index (χ3v) is 5.91. The number of carbonyl (C=O) groups excluding carboxylic acids is 1. The number of tetrazole rings is 1. The summed E-state index contributed by atoms with van der Waals surface area (Å²) < 4.78 is 1.46. The minimum absolute atomic E-state index is 0. The number of aromatic nitrogens is 4. The Morgan fingerprint density at radius 3 is 2.91 bits per heavy atom. The maximum atomic E-state index is 12.9. The number of anilines is 2. The van der Waals surface area contributed by atoms with Crippen molar-refractivity contribution in [1.82, 2.24) is 20.2 Å². The first-order valence-electron chi connectivity index (χ1n) is 10.3. The molecule has 1 aliphatic heterocycles. The summed E-state index contributed by atoms with van der Waals surface area (Å²) in [5.41, 5.74) is 6.75. The predicted molar refractivity (Wildman–Crippen MR) is 136 cm³/mol. The van der Waals surface area contributed by atoms with Gasteiger partial charge in [0.25, 0.3) is 5.91 Å². The van der Waals surface area contributed by atoms with Gasteiger partial charge in [-0.25, -0.2) is 0 Å². The molecule has 0 bridgehead atoms. The zero-order valence-electron chi connectivity index (χ0n) is 17.6. The Morgan fingerprint density at radius 2 is 2.12 bits per heavy atom. The molecule has 0 saturated carbocycles. The molecular weight excluding hydrogens is 500 g/mol. The quantitative estimate of drug-likeness (QED) is 0.394. The SMILES string of the molecule is Br.C#CCN1C2=C(CCC=C2)Cc2cc(NC(=O)c3cccc(-n4nnnc4S)c3)ccc21. The van der Waals surface area contributed by atoms with Crippen molar-refractivity contribution in [3.63, 3.8) is 0 Å². The van der Waals surface area contributed by atoms with Gasteiger partial charge in [0.05, 0.1) is 12.2 Å². The van der Waals surface area contributed by atoms with Gasteiger partial charge in [-0.2, -0.15) is 4.68 Å². The molecule has 2 aromatic carbocycles. The number of hydrogen-bond acceptors (Lipinski definition) is 6. The first kappa shape index (κ1) is 22.8. The molecule has 2 heterocycles. The second-order valence-electron chi connectivity index (χ2n) is 7.64. The molecule has 0 unspecified atom stereocenters. The van der Waals surface area contributed by atoms with Crippen molar-refractivity contribution in [2.24, 2.45) is 0 Å². The lowest BCUT2D eigenvalue weighted by atomic mass is 9.89. The number of fused-ring (bicyclic) bond motifs is 1. The molecule has 166 valence electrons. The van der Waals surface area contributed by atoms with Crippen LogP contribution in [0.4, 0.5) is 11.4 Å². The Labute approximate surface area is 207 Å². The van der Waals surface area contributed by atoms with Crippen molar-refractivity contribution >= 4 is 46.9 Å². The number of carbonyl (C=O) groups is 1. The number of terminal acetylenes is 1. The van der Waals surface area contributed by atoms with Gasteiger partial charge in [0.2, 0.25) is 5.16 Å². The number of amides is 1. The number of nitrogens with one attached hydrogen (secondary N) is 1. The van der Waals surface area contributed by atoms with E-state index in [1.165, 1.54) is 16.0 Å². The Kier molecular flexibility index (Phi) is 6.67. The van der Waals surface area contributed by atoms with Crippen molar-refractivity contribution < 1.29 is 4.79 Å². The lowest BCUT2D eigenvalue weighted by Gasteiger charge is -2.35. The fourth-order valence-corrected chi connectivity index (χ4v) is 4.37. The Bertz CT molecular complexity index is 1320. The normalized spacial score (nSPS) is 14.1. The average Bonchev–Trinajstić information content (AvgIpc) is 3.25. The molecule has 7 nitrogen and oxygen atoms in total. The van der Waals surface area contributed by atoms with E-state index in [4.69, 9.17) is 6.42 Å². The molecule has 1 aliphatic carbocycles. The second kappa shape index (κ2) is 9.65. The minimum atomic E-state index is -0.211. The monoisotopic (exact) mass is 520 g/mol. The minimum Gasteiger partial charge on any atom is -0.330 e. The highest BCUT2D eigenvalue weighted by Crippen LogP contribution is 2.38. The Balaban J connectivity index is 0.00000259. The summed E-state index contributed by atoms with van der Waals surface area (Å²) in [5, 5.41) is 14.6. The fraction of sp³-hybridized carbons (Fsp3) is 0.167. The maximum absolute atomic E-state index is 12.9. The van der Waals surface area contributed by atoms with Gasteiger partial charge < -0.3 is 10.2 Å². The molecule has 0 fully saturated rings. The van der Waals surface area contributed by atoms with E-state index >= 15 is 0 Å². The second-order valence-corrected chi connectivity index (χ2v) is 8.04. The highest BCUT2D eigenvalue weighted by molar-refractivity contribution is 8.93. The summed E-state index contributed by atoms with van der Waals surface area (Å²) >= 11 is 4.23. The first-order chi connectivity index (χ1) is 15.6. The number of rotatable bonds is 4. The molecule has 0 spiro atoms. The summed E-state index contributed by atoms with van der Waals surface area (Å²) in [7, 11) is 0. The van der Waals surface area contributed by atoms with E-state index < -0.39 is 0 Å². The van der Waals surface area contributed by atoms with Crippen LogP contribution in [0.25, 0.3) is 5.69 Å². The standard InChI is InChI=1S/C24H20N6OS.BrH/c1-2-12-29-21-9-4-3-6-16(21)13-18-14-19(10-11-22(18)29)25-23(31)17-7-5-8-20(15-17)30-24(32)26-27-28-30;/h1,4-5,7-11,14-15H,3,6,12-13H2,(H,25,31)(H,26,28,32);1H. The van der Waals surface area contributed by atoms with E-state index in [1.54, 1.807) is 18.2 Å². The predicted octanol–water partition coefficient (Wildman–Crippen LogP) is 4.38. The van der Waals surface area contributed by atoms with E-state index in [-0.39, 0.29) is 22.9 Å². The lowest BCUT2D eigenvalue weighted by molar-refractivity contribution is 0.102. The van der Waals surface area contributed by atoms with E-state index in [0.29, 0.717) is 23.0 Å². The summed E-state index contributed by atoms with van der Waals surface area (Å²) in [4.78, 5) is 15.1. The van der Waals surface area contributed by atoms with Crippen LogP contribution in [0.5, 0.6) is 0 Å². The zero-order valence-corrected chi connectivity index (χ0v) is 20.2. The molecule has 1 aromatic heterocycles. The Morgan fingerprint density at radius 1 is 1.24 bits per heavy atom. The van der Waals surface area contributed by atoms with Gasteiger partial charge in [0.1, 0.15) is 0 Å². The number of allylic oxidation sites excluding steroid dienone is 3. The third kappa shape index (κ3) is 4.45. The van der Waals surface area contributed by atoms with Gasteiger partial charge >= 0.3 is 0 Å². The summed E-state index contributed by atoms with van der Waals surface area (Å²) in [5.74, 6) is 2.56. The molecule has 1 amide bonds. The fourth-order valence-electron chi connectivity index (χ4n) is 4.18. The molecule has 1 N–H and O–H groups in total. The number of benzene rings is 2. The molecular formula is C24H21BrN6OS. The summed E-state index contributed by atoms with van der Waals surface area (Å²) in [6.45, 7) is 0.513. The highest BCUT2D eigenvalue weighted by atomic mass is 79.9. The van der Waals surface area contributed by atoms with Gasteiger partial charge in [0.15, 0.2) is 0 Å². The van der Waals surface area contributed by atoms with Gasteiger partial charge in [-0.05, 0) is 83.3 Å². The van der Waals surface area contributed by atoms with E-state index in [0.717, 1.165) is 36.2 Å². The van der Waals surface area contributed by atoms with E-state index in [9.17, 15) is 4.79 Å². The lowest BCUT2D eigenvalue weighted by Crippen LogP contribution is -2.29. The van der Waals surface area contributed by atoms with E-state index in [1.807, 2.05) is 24.3 Å². The zero-order chi connectivity index (χ0) is 22.1. The van der Waals surface area contributed by atoms with Crippen LogP contribution < -0.4 is 10.2 Å². The Hall–Kier alpha value is -3.35. The number of halogens is 1. The van der Waals surface area contributed by atoms with Crippen LogP contribution in [-0.2, 0) is 6.42 Å². The van der Waals surface area contributed by atoms with Gasteiger partial charge in [-0.1, -0.05) is 18.1 Å². The van der Waals surface area contributed by atoms with Gasteiger partial charge in [-0.3, -0.25) is 4.79 Å². The van der Waals surface area contributed by atoms with Crippen LogP contribution in [0, 0.1) is 12.3 Å². The van der Waals surface area contributed by atoms with Crippen molar-refractivity contribution in [2.75, 3.05) is 16.8 Å². The van der Waals surface area contributed by atoms with Crippen LogP contribution in [0.3, 0.4) is 0 Å². The highest BCUT2D eigenvalue weighted by Gasteiger charge is 2.25. The van der Waals surface area contributed by atoms with Crippen LogP contribution in [-0.4, -0.2) is 32.7 Å². The van der Waals surface area contributed by atoms with Crippen molar-refractivity contribution in [1.29, 1.82) is 0 Å².